The Morgan fingerprint density at radius 2 is 2.08 bits per heavy atom. The molecule has 2 fully saturated rings. The maximum Gasteiger partial charge on any atom is 0.274 e. The minimum atomic E-state index is -4.16. The molecule has 0 bridgehead atoms. The standard InChI is InChI=1S/C26H33FN8O4S/c1-25(20-11-18(5-7-21(20)27)32-23(36)22-8-6-19(39-4)14-31-22)26(40(37,38)34(3)24(29)33-25)9-10-35(16-26)15-17(12-28)13-30-2/h5-8,11-14,28,30H,9-10,15-16H2,1-4H3,(H2,29,33)(H,32,36)/b17-13+,28-12?/t25-,26-/m1/s1. The molecule has 2 aromatic rings. The second-order valence-electron chi connectivity index (χ2n) is 9.91. The number of hydrogen-bond acceptors (Lipinski definition) is 9. The van der Waals surface area contributed by atoms with Crippen molar-refractivity contribution in [3.8, 4) is 5.75 Å². The van der Waals surface area contributed by atoms with Crippen LogP contribution in [0.2, 0.25) is 0 Å². The van der Waals surface area contributed by atoms with Crippen molar-refractivity contribution >= 4 is 33.8 Å². The molecule has 0 radical (unpaired) electrons. The Bertz CT molecular complexity index is 1470. The van der Waals surface area contributed by atoms with Crippen LogP contribution in [0.1, 0.15) is 29.4 Å². The molecule has 2 aliphatic rings. The topological polar surface area (TPSA) is 164 Å². The first-order valence-corrected chi connectivity index (χ1v) is 13.9. The van der Waals surface area contributed by atoms with Crippen LogP contribution in [-0.2, 0) is 15.6 Å². The Kier molecular flexibility index (Phi) is 7.85. The van der Waals surface area contributed by atoms with E-state index in [0.717, 1.165) is 10.4 Å². The van der Waals surface area contributed by atoms with Crippen molar-refractivity contribution in [1.82, 2.24) is 24.8 Å². The normalized spacial score (nSPS) is 24.5. The summed E-state index contributed by atoms with van der Waals surface area (Å²) in [7, 11) is 0.332. The van der Waals surface area contributed by atoms with Gasteiger partial charge in [-0.2, -0.15) is 0 Å². The van der Waals surface area contributed by atoms with Gasteiger partial charge in [0, 0.05) is 57.4 Å². The zero-order valence-corrected chi connectivity index (χ0v) is 23.5. The molecule has 1 aromatic heterocycles. The number of carbonyl (C=O) groups is 1. The number of anilines is 1. The molecule has 1 aromatic carbocycles. The summed E-state index contributed by atoms with van der Waals surface area (Å²) < 4.78 is 48.0. The predicted octanol–water partition coefficient (Wildman–Crippen LogP) is 1.69. The average molecular weight is 573 g/mol. The van der Waals surface area contributed by atoms with E-state index in [9.17, 15) is 13.2 Å². The van der Waals surface area contributed by atoms with Gasteiger partial charge in [0.25, 0.3) is 5.91 Å². The Hall–Kier alpha value is -4.04. The van der Waals surface area contributed by atoms with Crippen LogP contribution in [0.4, 0.5) is 10.1 Å². The third-order valence-electron chi connectivity index (χ3n) is 7.65. The number of likely N-dealkylation sites (tertiary alicyclic amines) is 1. The van der Waals surface area contributed by atoms with Crippen LogP contribution in [-0.4, -0.2) is 86.3 Å². The van der Waals surface area contributed by atoms with E-state index in [1.54, 1.807) is 26.2 Å². The number of rotatable bonds is 8. The fourth-order valence-electron chi connectivity index (χ4n) is 5.39. The van der Waals surface area contributed by atoms with E-state index < -0.39 is 38.0 Å². The lowest BCUT2D eigenvalue weighted by Gasteiger charge is -2.52. The summed E-state index contributed by atoms with van der Waals surface area (Å²) >= 11 is 0. The molecule has 5 N–H and O–H groups in total. The zero-order valence-electron chi connectivity index (χ0n) is 22.7. The molecular formula is C26H33FN8O4S. The van der Waals surface area contributed by atoms with Gasteiger partial charge in [-0.3, -0.25) is 15.1 Å². The van der Waals surface area contributed by atoms with Crippen LogP contribution in [0.5, 0.6) is 5.75 Å². The van der Waals surface area contributed by atoms with Crippen molar-refractivity contribution in [2.75, 3.05) is 46.2 Å². The minimum absolute atomic E-state index is 0.00527. The van der Waals surface area contributed by atoms with E-state index in [1.165, 1.54) is 44.8 Å². The summed E-state index contributed by atoms with van der Waals surface area (Å²) in [5.41, 5.74) is -0.594. The van der Waals surface area contributed by atoms with Gasteiger partial charge in [0.1, 0.15) is 22.0 Å². The van der Waals surface area contributed by atoms with Crippen LogP contribution in [0.25, 0.3) is 0 Å². The zero-order chi connectivity index (χ0) is 29.3. The van der Waals surface area contributed by atoms with E-state index >= 15 is 4.39 Å². The number of pyridine rings is 1. The van der Waals surface area contributed by atoms with Crippen LogP contribution in [0.3, 0.4) is 0 Å². The van der Waals surface area contributed by atoms with Crippen LogP contribution >= 0.6 is 0 Å². The monoisotopic (exact) mass is 572 g/mol. The number of methoxy groups -OCH3 is 1. The van der Waals surface area contributed by atoms with Gasteiger partial charge in [-0.1, -0.05) is 0 Å². The highest BCUT2D eigenvalue weighted by atomic mass is 32.2. The number of carbonyl (C=O) groups excluding carboxylic acids is 1. The fourth-order valence-corrected chi connectivity index (χ4v) is 7.57. The third kappa shape index (κ3) is 4.77. The highest BCUT2D eigenvalue weighted by molar-refractivity contribution is 7.91. The minimum Gasteiger partial charge on any atom is -0.495 e. The van der Waals surface area contributed by atoms with Gasteiger partial charge in [-0.05, 0) is 49.2 Å². The average Bonchev–Trinajstić information content (AvgIpc) is 3.38. The van der Waals surface area contributed by atoms with Gasteiger partial charge < -0.3 is 26.1 Å². The SMILES string of the molecule is CN/C=C(\C=N)CN1CC[C@@]2(C1)[C@@](C)(c1cc(NC(=O)c3ccc(OC)cn3)ccc1F)NC(=N)N(C)S2(=O)=O. The number of benzene rings is 1. The largest absolute Gasteiger partial charge is 0.495 e. The highest BCUT2D eigenvalue weighted by Crippen LogP contribution is 2.49. The molecule has 214 valence electrons. The Morgan fingerprint density at radius 1 is 1.32 bits per heavy atom. The second kappa shape index (κ2) is 10.8. The third-order valence-corrected chi connectivity index (χ3v) is 10.3. The molecular weight excluding hydrogens is 539 g/mol. The first-order valence-electron chi connectivity index (χ1n) is 12.5. The van der Waals surface area contributed by atoms with E-state index in [0.29, 0.717) is 24.4 Å². The maximum absolute atomic E-state index is 15.6. The summed E-state index contributed by atoms with van der Waals surface area (Å²) in [6.45, 7) is 2.28. The van der Waals surface area contributed by atoms with E-state index in [2.05, 4.69) is 20.9 Å². The van der Waals surface area contributed by atoms with Crippen LogP contribution in [0, 0.1) is 16.6 Å². The second-order valence-corrected chi connectivity index (χ2v) is 12.2. The lowest BCUT2D eigenvalue weighted by atomic mass is 9.77. The quantitative estimate of drug-likeness (QED) is 0.298. The molecule has 12 nitrogen and oxygen atoms in total. The highest BCUT2D eigenvalue weighted by Gasteiger charge is 2.66. The number of nitrogens with zero attached hydrogens (tertiary/aromatic N) is 3. The summed E-state index contributed by atoms with van der Waals surface area (Å²) in [5.74, 6) is -1.13. The molecule has 1 spiro atoms. The molecule has 2 saturated heterocycles. The molecule has 0 unspecified atom stereocenters. The number of ether oxygens (including phenoxy) is 1. The number of sulfonamides is 1. The van der Waals surface area contributed by atoms with Crippen molar-refractivity contribution in [1.29, 1.82) is 10.8 Å². The first-order chi connectivity index (χ1) is 18.9. The lowest BCUT2D eigenvalue weighted by Crippen LogP contribution is -2.74. The Morgan fingerprint density at radius 3 is 2.70 bits per heavy atom. The summed E-state index contributed by atoms with van der Waals surface area (Å²) in [4.78, 5) is 18.8. The van der Waals surface area contributed by atoms with Gasteiger partial charge >= 0.3 is 0 Å². The molecule has 0 saturated carbocycles. The molecule has 2 aliphatic heterocycles. The van der Waals surface area contributed by atoms with Gasteiger partial charge in [0.2, 0.25) is 16.0 Å². The molecule has 1 amide bonds. The van der Waals surface area contributed by atoms with Crippen LogP contribution < -0.4 is 20.7 Å². The van der Waals surface area contributed by atoms with Gasteiger partial charge in [0.05, 0.1) is 18.8 Å². The Balaban J connectivity index is 1.75. The smallest absolute Gasteiger partial charge is 0.274 e. The Labute approximate surface area is 232 Å². The van der Waals surface area contributed by atoms with Gasteiger partial charge in [0.15, 0.2) is 0 Å². The number of guanidine groups is 1. The van der Waals surface area contributed by atoms with Crippen molar-refractivity contribution in [3.05, 3.63) is 65.4 Å². The molecule has 0 aliphatic carbocycles. The maximum atomic E-state index is 15.6. The van der Waals surface area contributed by atoms with Crippen molar-refractivity contribution < 1.29 is 22.3 Å². The van der Waals surface area contributed by atoms with E-state index in [-0.39, 0.29) is 29.9 Å². The van der Waals surface area contributed by atoms with Gasteiger partial charge in [-0.25, -0.2) is 22.1 Å². The molecule has 14 heteroatoms. The molecule has 2 atom stereocenters. The predicted molar refractivity (Wildman–Crippen MR) is 150 cm³/mol. The van der Waals surface area contributed by atoms with Crippen molar-refractivity contribution in [3.63, 3.8) is 0 Å². The van der Waals surface area contributed by atoms with Crippen molar-refractivity contribution in [2.45, 2.75) is 23.6 Å². The number of nitrogens with one attached hydrogen (secondary N) is 5. The number of aromatic nitrogens is 1. The number of amides is 1. The van der Waals surface area contributed by atoms with E-state index in [4.69, 9.17) is 15.6 Å². The summed E-state index contributed by atoms with van der Waals surface area (Å²) in [6, 6.07) is 7.01. The van der Waals surface area contributed by atoms with Crippen molar-refractivity contribution in [2.24, 2.45) is 0 Å². The molecule has 4 rings (SSSR count). The molecule has 3 heterocycles. The number of hydrogen-bond donors (Lipinski definition) is 5. The van der Waals surface area contributed by atoms with E-state index in [1.807, 2.05) is 4.90 Å². The fraction of sp³-hybridized carbons (Fsp3) is 0.385. The first kappa shape index (κ1) is 29.0. The van der Waals surface area contributed by atoms with Gasteiger partial charge in [-0.15, -0.1) is 0 Å². The lowest BCUT2D eigenvalue weighted by molar-refractivity contribution is 0.102. The summed E-state index contributed by atoms with van der Waals surface area (Å²) in [6.07, 6.45) is 4.40. The number of halogens is 1. The molecule has 40 heavy (non-hydrogen) atoms. The summed E-state index contributed by atoms with van der Waals surface area (Å²) in [5, 5.41) is 24.6. The van der Waals surface area contributed by atoms with Crippen LogP contribution in [0.15, 0.2) is 48.3 Å².